The molecule has 0 bridgehead atoms. The molecular formula is C19H20FN5OS. The number of halogens is 1. The third kappa shape index (κ3) is 4.28. The van der Waals surface area contributed by atoms with Gasteiger partial charge in [-0.3, -0.25) is 4.79 Å². The number of carbonyl (C=O) groups is 1. The topological polar surface area (TPSA) is 77.0 Å². The molecule has 27 heavy (non-hydrogen) atoms. The fraction of sp³-hybridized carbons (Fsp3) is 0.211. The second-order valence-electron chi connectivity index (χ2n) is 6.07. The molecule has 0 aliphatic rings. The first-order chi connectivity index (χ1) is 13.0. The van der Waals surface area contributed by atoms with Crippen LogP contribution in [0.1, 0.15) is 18.5 Å². The van der Waals surface area contributed by atoms with Crippen LogP contribution < -0.4 is 5.84 Å². The summed E-state index contributed by atoms with van der Waals surface area (Å²) in [7, 11) is 1.77. The number of nitrogens with zero attached hydrogens (tertiary/aromatic N) is 4. The van der Waals surface area contributed by atoms with Gasteiger partial charge in [0.25, 0.3) is 0 Å². The quantitative estimate of drug-likeness (QED) is 0.521. The normalized spacial score (nSPS) is 12.0. The molecule has 1 amide bonds. The minimum absolute atomic E-state index is 0.0436. The predicted molar refractivity (Wildman–Crippen MR) is 104 cm³/mol. The van der Waals surface area contributed by atoms with E-state index < -0.39 is 0 Å². The van der Waals surface area contributed by atoms with E-state index in [9.17, 15) is 9.18 Å². The van der Waals surface area contributed by atoms with E-state index in [1.165, 1.54) is 28.6 Å². The van der Waals surface area contributed by atoms with Crippen LogP contribution in [0.5, 0.6) is 0 Å². The van der Waals surface area contributed by atoms with Gasteiger partial charge in [-0.05, 0) is 24.6 Å². The van der Waals surface area contributed by atoms with Crippen molar-refractivity contribution in [2.24, 2.45) is 0 Å². The minimum Gasteiger partial charge on any atom is -0.338 e. The van der Waals surface area contributed by atoms with E-state index in [-0.39, 0.29) is 23.5 Å². The second-order valence-corrected chi connectivity index (χ2v) is 7.01. The van der Waals surface area contributed by atoms with Gasteiger partial charge in [0.05, 0.1) is 11.8 Å². The summed E-state index contributed by atoms with van der Waals surface area (Å²) in [5.41, 5.74) is 1.59. The first kappa shape index (κ1) is 18.9. The van der Waals surface area contributed by atoms with Crippen LogP contribution in [-0.4, -0.2) is 38.5 Å². The molecule has 0 fully saturated rings. The van der Waals surface area contributed by atoms with Crippen LogP contribution in [0, 0.1) is 5.82 Å². The SMILES string of the molecule is C[C@H](c1ccccc1)N(C)C(=O)CSc1nnc(-c2cccc(F)c2)n1N. The minimum atomic E-state index is -0.378. The molecule has 0 aliphatic carbocycles. The van der Waals surface area contributed by atoms with Gasteiger partial charge in [-0.15, -0.1) is 10.2 Å². The fourth-order valence-electron chi connectivity index (χ4n) is 2.60. The van der Waals surface area contributed by atoms with Gasteiger partial charge in [-0.25, -0.2) is 9.07 Å². The van der Waals surface area contributed by atoms with Crippen molar-refractivity contribution in [3.8, 4) is 11.4 Å². The Morgan fingerprint density at radius 3 is 2.67 bits per heavy atom. The highest BCUT2D eigenvalue weighted by Gasteiger charge is 2.19. The van der Waals surface area contributed by atoms with Crippen LogP contribution in [0.4, 0.5) is 4.39 Å². The number of hydrogen-bond donors (Lipinski definition) is 1. The number of carbonyl (C=O) groups excluding carboxylic acids is 1. The number of benzene rings is 2. The highest BCUT2D eigenvalue weighted by Crippen LogP contribution is 2.24. The van der Waals surface area contributed by atoms with Gasteiger partial charge >= 0.3 is 0 Å². The lowest BCUT2D eigenvalue weighted by Crippen LogP contribution is -2.31. The lowest BCUT2D eigenvalue weighted by Gasteiger charge is -2.25. The van der Waals surface area contributed by atoms with E-state index >= 15 is 0 Å². The summed E-state index contributed by atoms with van der Waals surface area (Å²) >= 11 is 1.20. The molecule has 1 heterocycles. The standard InChI is InChI=1S/C19H20FN5OS/c1-13(14-7-4-3-5-8-14)24(2)17(26)12-27-19-23-22-18(25(19)21)15-9-6-10-16(20)11-15/h3-11,13H,12,21H2,1-2H3/t13-/m1/s1. The lowest BCUT2D eigenvalue weighted by atomic mass is 10.1. The maximum Gasteiger partial charge on any atom is 0.233 e. The molecule has 0 radical (unpaired) electrons. The van der Waals surface area contributed by atoms with Crippen molar-refractivity contribution in [1.82, 2.24) is 19.8 Å². The summed E-state index contributed by atoms with van der Waals surface area (Å²) in [5, 5.41) is 8.41. The van der Waals surface area contributed by atoms with Gasteiger partial charge in [0.1, 0.15) is 5.82 Å². The van der Waals surface area contributed by atoms with Crippen molar-refractivity contribution in [3.63, 3.8) is 0 Å². The molecule has 3 aromatic rings. The van der Waals surface area contributed by atoms with Gasteiger partial charge in [-0.1, -0.05) is 54.2 Å². The Morgan fingerprint density at radius 1 is 1.22 bits per heavy atom. The van der Waals surface area contributed by atoms with Crippen molar-refractivity contribution in [2.45, 2.75) is 18.1 Å². The Labute approximate surface area is 161 Å². The Kier molecular flexibility index (Phi) is 5.75. The summed E-state index contributed by atoms with van der Waals surface area (Å²) in [6.07, 6.45) is 0. The molecule has 0 aliphatic heterocycles. The van der Waals surface area contributed by atoms with Crippen LogP contribution in [0.15, 0.2) is 59.8 Å². The van der Waals surface area contributed by atoms with Gasteiger partial charge in [-0.2, -0.15) is 0 Å². The largest absolute Gasteiger partial charge is 0.338 e. The van der Waals surface area contributed by atoms with Crippen molar-refractivity contribution >= 4 is 17.7 Å². The average Bonchev–Trinajstić information content (AvgIpc) is 3.06. The molecule has 8 heteroatoms. The molecule has 2 N–H and O–H groups in total. The summed E-state index contributed by atoms with van der Waals surface area (Å²) in [5.74, 6) is 6.11. The summed E-state index contributed by atoms with van der Waals surface area (Å²) in [6.45, 7) is 1.98. The van der Waals surface area contributed by atoms with Gasteiger partial charge in [0.15, 0.2) is 5.82 Å². The van der Waals surface area contributed by atoms with Crippen molar-refractivity contribution in [3.05, 3.63) is 66.0 Å². The third-order valence-corrected chi connectivity index (χ3v) is 5.26. The van der Waals surface area contributed by atoms with Gasteiger partial charge in [0.2, 0.25) is 11.1 Å². The molecule has 1 aromatic heterocycles. The third-order valence-electron chi connectivity index (χ3n) is 4.33. The van der Waals surface area contributed by atoms with E-state index in [4.69, 9.17) is 5.84 Å². The van der Waals surface area contributed by atoms with Crippen LogP contribution in [-0.2, 0) is 4.79 Å². The smallest absolute Gasteiger partial charge is 0.233 e. The first-order valence-electron chi connectivity index (χ1n) is 8.37. The highest BCUT2D eigenvalue weighted by molar-refractivity contribution is 7.99. The zero-order valence-corrected chi connectivity index (χ0v) is 15.9. The van der Waals surface area contributed by atoms with Crippen molar-refractivity contribution in [2.75, 3.05) is 18.6 Å². The van der Waals surface area contributed by atoms with Gasteiger partial charge in [0, 0.05) is 12.6 Å². The molecule has 0 saturated heterocycles. The van der Waals surface area contributed by atoms with Crippen LogP contribution >= 0.6 is 11.8 Å². The monoisotopic (exact) mass is 385 g/mol. The number of rotatable bonds is 6. The Bertz CT molecular complexity index is 931. The number of amides is 1. The maximum absolute atomic E-state index is 13.4. The summed E-state index contributed by atoms with van der Waals surface area (Å²) < 4.78 is 14.7. The average molecular weight is 385 g/mol. The Morgan fingerprint density at radius 2 is 1.96 bits per heavy atom. The van der Waals surface area contributed by atoms with Crippen LogP contribution in [0.2, 0.25) is 0 Å². The first-order valence-corrected chi connectivity index (χ1v) is 9.35. The van der Waals surface area contributed by atoms with Crippen LogP contribution in [0.3, 0.4) is 0 Å². The molecule has 0 saturated carbocycles. The zero-order chi connectivity index (χ0) is 19.4. The highest BCUT2D eigenvalue weighted by atomic mass is 32.2. The molecule has 140 valence electrons. The van der Waals surface area contributed by atoms with Crippen LogP contribution in [0.25, 0.3) is 11.4 Å². The maximum atomic E-state index is 13.4. The summed E-state index contributed by atoms with van der Waals surface area (Å²) in [6, 6.07) is 15.7. The van der Waals surface area contributed by atoms with E-state index in [2.05, 4.69) is 10.2 Å². The predicted octanol–water partition coefficient (Wildman–Crippen LogP) is 3.11. The molecule has 0 spiro atoms. The van der Waals surface area contributed by atoms with E-state index in [0.29, 0.717) is 16.5 Å². The number of nitrogens with two attached hydrogens (primary N) is 1. The molecular weight excluding hydrogens is 365 g/mol. The van der Waals surface area contributed by atoms with Crippen molar-refractivity contribution < 1.29 is 9.18 Å². The summed E-state index contributed by atoms with van der Waals surface area (Å²) in [4.78, 5) is 14.2. The number of nitrogen functional groups attached to an aromatic ring is 1. The van der Waals surface area contributed by atoms with E-state index in [0.717, 1.165) is 5.56 Å². The van der Waals surface area contributed by atoms with E-state index in [1.54, 1.807) is 24.1 Å². The number of thioether (sulfide) groups is 1. The van der Waals surface area contributed by atoms with E-state index in [1.807, 2.05) is 37.3 Å². The molecule has 1 atom stereocenters. The van der Waals surface area contributed by atoms with Gasteiger partial charge < -0.3 is 10.7 Å². The Balaban J connectivity index is 1.66. The Hall–Kier alpha value is -2.87. The second kappa shape index (κ2) is 8.22. The lowest BCUT2D eigenvalue weighted by molar-refractivity contribution is -0.128. The molecule has 2 aromatic carbocycles. The molecule has 3 rings (SSSR count). The number of hydrogen-bond acceptors (Lipinski definition) is 5. The number of aromatic nitrogens is 3. The fourth-order valence-corrected chi connectivity index (χ4v) is 3.38. The molecule has 6 nitrogen and oxygen atoms in total. The zero-order valence-electron chi connectivity index (χ0n) is 15.0. The molecule has 0 unspecified atom stereocenters. The van der Waals surface area contributed by atoms with Crippen molar-refractivity contribution in [1.29, 1.82) is 0 Å².